The zero-order valence-corrected chi connectivity index (χ0v) is 15.3. The first kappa shape index (κ1) is 18.4. The van der Waals surface area contributed by atoms with Crippen molar-refractivity contribution in [3.05, 3.63) is 52.3 Å². The number of benzene rings is 1. The van der Waals surface area contributed by atoms with Crippen molar-refractivity contribution >= 4 is 41.0 Å². The number of carbonyl (C=O) groups excluding carboxylic acids is 2. The molecule has 7 nitrogen and oxygen atoms in total. The predicted octanol–water partition coefficient (Wildman–Crippen LogP) is 2.29. The number of nitrogens with zero attached hydrogens (tertiary/aromatic N) is 4. The van der Waals surface area contributed by atoms with Crippen LogP contribution in [-0.4, -0.2) is 59.5 Å². The van der Waals surface area contributed by atoms with E-state index in [1.165, 1.54) is 12.1 Å². The zero-order valence-electron chi connectivity index (χ0n) is 13.8. The molecule has 1 aromatic carbocycles. The molecule has 136 valence electrons. The van der Waals surface area contributed by atoms with E-state index in [-0.39, 0.29) is 28.1 Å². The SMILES string of the molecule is O=C(OCC(=O)N1CCN(c2ncccn2)CC1)c1c(Cl)cccc1Cl. The fourth-order valence-corrected chi connectivity index (χ4v) is 3.15. The Balaban J connectivity index is 1.51. The molecule has 0 radical (unpaired) electrons. The molecule has 1 fully saturated rings. The Kier molecular flexibility index (Phi) is 5.90. The molecule has 0 atom stereocenters. The first-order valence-electron chi connectivity index (χ1n) is 7.97. The highest BCUT2D eigenvalue weighted by molar-refractivity contribution is 6.39. The molecule has 1 amide bonds. The molecular weight excluding hydrogens is 379 g/mol. The van der Waals surface area contributed by atoms with E-state index in [1.54, 1.807) is 29.4 Å². The van der Waals surface area contributed by atoms with E-state index in [4.69, 9.17) is 27.9 Å². The second-order valence-electron chi connectivity index (χ2n) is 5.59. The molecule has 0 spiro atoms. The fraction of sp³-hybridized carbons (Fsp3) is 0.294. The number of amides is 1. The van der Waals surface area contributed by atoms with Crippen molar-refractivity contribution in [3.8, 4) is 0 Å². The minimum atomic E-state index is -0.717. The van der Waals surface area contributed by atoms with Gasteiger partial charge >= 0.3 is 5.97 Å². The smallest absolute Gasteiger partial charge is 0.341 e. The summed E-state index contributed by atoms with van der Waals surface area (Å²) in [5.74, 6) is -0.347. The molecule has 26 heavy (non-hydrogen) atoms. The molecule has 1 aromatic heterocycles. The standard InChI is InChI=1S/C17H16Cl2N4O3/c18-12-3-1-4-13(19)15(12)16(25)26-11-14(24)22-7-9-23(10-8-22)17-20-5-2-6-21-17/h1-6H,7-11H2. The van der Waals surface area contributed by atoms with E-state index in [1.807, 2.05) is 4.90 Å². The van der Waals surface area contributed by atoms with E-state index < -0.39 is 5.97 Å². The highest BCUT2D eigenvalue weighted by atomic mass is 35.5. The molecule has 3 rings (SSSR count). The van der Waals surface area contributed by atoms with Crippen LogP contribution in [0.25, 0.3) is 0 Å². The lowest BCUT2D eigenvalue weighted by atomic mass is 10.2. The van der Waals surface area contributed by atoms with E-state index in [0.29, 0.717) is 32.1 Å². The number of ether oxygens (including phenoxy) is 1. The largest absolute Gasteiger partial charge is 0.452 e. The number of anilines is 1. The molecular formula is C17H16Cl2N4O3. The lowest BCUT2D eigenvalue weighted by molar-refractivity contribution is -0.134. The third-order valence-corrected chi connectivity index (χ3v) is 4.59. The molecule has 2 aromatic rings. The molecule has 1 aliphatic rings. The number of hydrogen-bond acceptors (Lipinski definition) is 6. The van der Waals surface area contributed by atoms with Gasteiger partial charge in [0.2, 0.25) is 5.95 Å². The van der Waals surface area contributed by atoms with Gasteiger partial charge in [-0.2, -0.15) is 0 Å². The van der Waals surface area contributed by atoms with Crippen LogP contribution in [0.1, 0.15) is 10.4 Å². The van der Waals surface area contributed by atoms with E-state index >= 15 is 0 Å². The van der Waals surface area contributed by atoms with Gasteiger partial charge in [0.05, 0.1) is 15.6 Å². The van der Waals surface area contributed by atoms with Gasteiger partial charge in [-0.05, 0) is 18.2 Å². The number of halogens is 2. The van der Waals surface area contributed by atoms with Gasteiger partial charge in [-0.15, -0.1) is 0 Å². The van der Waals surface area contributed by atoms with Crippen molar-refractivity contribution in [2.24, 2.45) is 0 Å². The minimum absolute atomic E-state index is 0.0645. The molecule has 2 heterocycles. The summed E-state index contributed by atoms with van der Waals surface area (Å²) in [6, 6.07) is 6.46. The number of esters is 1. The van der Waals surface area contributed by atoms with Crippen LogP contribution in [0.2, 0.25) is 10.0 Å². The first-order chi connectivity index (χ1) is 12.6. The zero-order chi connectivity index (χ0) is 18.5. The first-order valence-corrected chi connectivity index (χ1v) is 8.72. The van der Waals surface area contributed by atoms with Gasteiger partial charge < -0.3 is 14.5 Å². The van der Waals surface area contributed by atoms with Crippen molar-refractivity contribution in [2.45, 2.75) is 0 Å². The number of hydrogen-bond donors (Lipinski definition) is 0. The Hall–Kier alpha value is -2.38. The summed E-state index contributed by atoms with van der Waals surface area (Å²) in [6.07, 6.45) is 3.36. The Labute approximate surface area is 160 Å². The molecule has 0 bridgehead atoms. The maximum absolute atomic E-state index is 12.3. The number of aromatic nitrogens is 2. The molecule has 9 heteroatoms. The van der Waals surface area contributed by atoms with Crippen LogP contribution in [-0.2, 0) is 9.53 Å². The fourth-order valence-electron chi connectivity index (χ4n) is 2.59. The van der Waals surface area contributed by atoms with Crippen molar-refractivity contribution in [1.82, 2.24) is 14.9 Å². The summed E-state index contributed by atoms with van der Waals surface area (Å²) < 4.78 is 5.08. The number of rotatable bonds is 4. The topological polar surface area (TPSA) is 75.6 Å². The quantitative estimate of drug-likeness (QED) is 0.740. The molecule has 0 aliphatic carbocycles. The van der Waals surface area contributed by atoms with Gasteiger partial charge in [0.15, 0.2) is 6.61 Å². The summed E-state index contributed by atoms with van der Waals surface area (Å²) >= 11 is 11.9. The third-order valence-electron chi connectivity index (χ3n) is 3.96. The van der Waals surface area contributed by atoms with Gasteiger partial charge in [-0.25, -0.2) is 14.8 Å². The van der Waals surface area contributed by atoms with Crippen molar-refractivity contribution in [1.29, 1.82) is 0 Å². The third kappa shape index (κ3) is 4.23. The highest BCUT2D eigenvalue weighted by Gasteiger charge is 2.24. The van der Waals surface area contributed by atoms with Gasteiger partial charge in [0.1, 0.15) is 0 Å². The van der Waals surface area contributed by atoms with Gasteiger partial charge in [0.25, 0.3) is 5.91 Å². The van der Waals surface area contributed by atoms with Crippen LogP contribution >= 0.6 is 23.2 Å². The molecule has 1 saturated heterocycles. The minimum Gasteiger partial charge on any atom is -0.452 e. The van der Waals surface area contributed by atoms with Crippen molar-refractivity contribution < 1.29 is 14.3 Å². The summed E-state index contributed by atoms with van der Waals surface area (Å²) in [5.41, 5.74) is 0.0645. The summed E-state index contributed by atoms with van der Waals surface area (Å²) in [5, 5.41) is 0.373. The van der Waals surface area contributed by atoms with E-state index in [0.717, 1.165) is 0 Å². The van der Waals surface area contributed by atoms with Crippen LogP contribution in [0.5, 0.6) is 0 Å². The Morgan fingerprint density at radius 1 is 1.00 bits per heavy atom. The number of piperazine rings is 1. The second kappa shape index (κ2) is 8.33. The normalized spacial score (nSPS) is 14.2. The average molecular weight is 395 g/mol. The molecule has 0 N–H and O–H groups in total. The predicted molar refractivity (Wildman–Crippen MR) is 97.6 cm³/mol. The highest BCUT2D eigenvalue weighted by Crippen LogP contribution is 2.25. The molecule has 0 unspecified atom stereocenters. The van der Waals surface area contributed by atoms with Crippen molar-refractivity contribution in [3.63, 3.8) is 0 Å². The van der Waals surface area contributed by atoms with Gasteiger partial charge in [-0.3, -0.25) is 4.79 Å². The van der Waals surface area contributed by atoms with Gasteiger partial charge in [0, 0.05) is 38.6 Å². The van der Waals surface area contributed by atoms with Crippen LogP contribution < -0.4 is 4.90 Å². The Morgan fingerprint density at radius 3 is 2.23 bits per heavy atom. The number of carbonyl (C=O) groups is 2. The monoisotopic (exact) mass is 394 g/mol. The summed E-state index contributed by atoms with van der Waals surface area (Å²) in [6.45, 7) is 1.87. The van der Waals surface area contributed by atoms with Crippen LogP contribution in [0, 0.1) is 0 Å². The second-order valence-corrected chi connectivity index (χ2v) is 6.40. The lowest BCUT2D eigenvalue weighted by Gasteiger charge is -2.34. The van der Waals surface area contributed by atoms with E-state index in [9.17, 15) is 9.59 Å². The lowest BCUT2D eigenvalue weighted by Crippen LogP contribution is -2.50. The van der Waals surface area contributed by atoms with Crippen molar-refractivity contribution in [2.75, 3.05) is 37.7 Å². The maximum atomic E-state index is 12.3. The molecule has 0 saturated carbocycles. The van der Waals surface area contributed by atoms with Crippen LogP contribution in [0.15, 0.2) is 36.7 Å². The van der Waals surface area contributed by atoms with Gasteiger partial charge in [-0.1, -0.05) is 29.3 Å². The Morgan fingerprint density at radius 2 is 1.62 bits per heavy atom. The maximum Gasteiger partial charge on any atom is 0.341 e. The van der Waals surface area contributed by atoms with Crippen LogP contribution in [0.3, 0.4) is 0 Å². The van der Waals surface area contributed by atoms with Crippen LogP contribution in [0.4, 0.5) is 5.95 Å². The summed E-state index contributed by atoms with van der Waals surface area (Å²) in [4.78, 5) is 36.4. The average Bonchev–Trinajstić information content (AvgIpc) is 2.67. The summed E-state index contributed by atoms with van der Waals surface area (Å²) in [7, 11) is 0. The molecule has 1 aliphatic heterocycles. The Bertz CT molecular complexity index is 776. The van der Waals surface area contributed by atoms with E-state index in [2.05, 4.69) is 9.97 Å².